The van der Waals surface area contributed by atoms with Crippen LogP contribution in [0.2, 0.25) is 0 Å². The number of allylic oxidation sites excluding steroid dienone is 2. The molecule has 2 unspecified atom stereocenters. The molecule has 1 aliphatic rings. The largest absolute Gasteiger partial charge is 0.491 e. The SMILES string of the molecule is CCCCOCCOc1ccc(C2=CC=C(C(=O)Nc3ccc(S(=O)Cc4c(C)ncn4CCC)cc3)CCC[N+]2(Cc2ccccc2)CC(C)C)cc1. The van der Waals surface area contributed by atoms with Crippen LogP contribution in [0, 0.1) is 12.8 Å². The summed E-state index contributed by atoms with van der Waals surface area (Å²) in [6.07, 6.45) is 10.7. The van der Waals surface area contributed by atoms with Crippen molar-refractivity contribution in [2.45, 2.75) is 90.5 Å². The van der Waals surface area contributed by atoms with E-state index in [1.165, 1.54) is 11.3 Å². The molecule has 8 nitrogen and oxygen atoms in total. The number of unbranched alkanes of at least 4 members (excludes halogenated alkanes) is 1. The van der Waals surface area contributed by atoms with Gasteiger partial charge in [-0.3, -0.25) is 13.5 Å². The highest BCUT2D eigenvalue weighted by molar-refractivity contribution is 7.84. The van der Waals surface area contributed by atoms with Gasteiger partial charge in [-0.2, -0.15) is 0 Å². The molecule has 54 heavy (non-hydrogen) atoms. The Hall–Kier alpha value is -4.31. The van der Waals surface area contributed by atoms with Crippen LogP contribution in [0.5, 0.6) is 5.75 Å². The van der Waals surface area contributed by atoms with Crippen LogP contribution in [0.1, 0.15) is 82.3 Å². The summed E-state index contributed by atoms with van der Waals surface area (Å²) >= 11 is 0. The molecule has 2 atom stereocenters. The minimum Gasteiger partial charge on any atom is -0.491 e. The fraction of sp³-hybridized carbons (Fsp3) is 0.422. The van der Waals surface area contributed by atoms with Crippen LogP contribution < -0.4 is 10.1 Å². The number of anilines is 1. The van der Waals surface area contributed by atoms with Crippen molar-refractivity contribution in [3.8, 4) is 5.75 Å². The third-order valence-electron chi connectivity index (χ3n) is 9.87. The Balaban J connectivity index is 1.37. The van der Waals surface area contributed by atoms with Gasteiger partial charge in [0.05, 0.1) is 54.0 Å². The lowest BCUT2D eigenvalue weighted by Crippen LogP contribution is -2.49. The summed E-state index contributed by atoms with van der Waals surface area (Å²) in [5.74, 6) is 1.57. The first-order valence-electron chi connectivity index (χ1n) is 19.6. The number of rotatable bonds is 19. The van der Waals surface area contributed by atoms with Crippen LogP contribution in [0.25, 0.3) is 5.70 Å². The highest BCUT2D eigenvalue weighted by Crippen LogP contribution is 2.36. The van der Waals surface area contributed by atoms with Gasteiger partial charge < -0.3 is 19.4 Å². The van der Waals surface area contributed by atoms with E-state index in [1.54, 1.807) is 0 Å². The average molecular weight is 752 g/mol. The number of hydrogen-bond donors (Lipinski definition) is 1. The van der Waals surface area contributed by atoms with Gasteiger partial charge in [-0.15, -0.1) is 0 Å². The van der Waals surface area contributed by atoms with Gasteiger partial charge in [0.2, 0.25) is 0 Å². The zero-order chi connectivity index (χ0) is 38.3. The van der Waals surface area contributed by atoms with Crippen molar-refractivity contribution in [1.82, 2.24) is 9.55 Å². The van der Waals surface area contributed by atoms with E-state index in [-0.39, 0.29) is 5.91 Å². The highest BCUT2D eigenvalue weighted by atomic mass is 32.2. The number of nitrogens with zero attached hydrogens (tertiary/aromatic N) is 3. The predicted molar refractivity (Wildman–Crippen MR) is 220 cm³/mol. The van der Waals surface area contributed by atoms with E-state index in [0.717, 1.165) is 96.1 Å². The minimum absolute atomic E-state index is 0.115. The maximum absolute atomic E-state index is 13.8. The molecule has 0 aliphatic carbocycles. The molecule has 288 valence electrons. The first kappa shape index (κ1) is 40.9. The molecule has 0 radical (unpaired) electrons. The summed E-state index contributed by atoms with van der Waals surface area (Å²) in [5, 5.41) is 3.12. The third-order valence-corrected chi connectivity index (χ3v) is 11.2. The first-order valence-corrected chi connectivity index (χ1v) is 21.0. The Labute approximate surface area is 325 Å². The second-order valence-corrected chi connectivity index (χ2v) is 16.2. The van der Waals surface area contributed by atoms with Crippen LogP contribution in [-0.4, -0.2) is 57.1 Å². The van der Waals surface area contributed by atoms with Crippen molar-refractivity contribution in [1.29, 1.82) is 0 Å². The summed E-state index contributed by atoms with van der Waals surface area (Å²) < 4.78 is 27.9. The Bertz CT molecular complexity index is 1870. The Morgan fingerprint density at radius 3 is 2.41 bits per heavy atom. The van der Waals surface area contributed by atoms with Gasteiger partial charge in [0.25, 0.3) is 5.91 Å². The quantitative estimate of drug-likeness (QED) is 0.0763. The number of benzene rings is 3. The standard InChI is InChI=1S/C45H58N4O4S/c1-6-8-28-52-29-30-53-41-21-16-38(17-22-41)44-25-18-39(15-12-27-49(44,31-35(3)4)32-37-13-10-9-11-14-37)45(50)47-40-19-23-42(24-20-40)54(51)33-43-36(5)46-34-48(43)26-7-2/h9-11,13-14,16-25,34-35H,6-8,12,15,26-33H2,1-5H3/p+1. The number of aryl methyl sites for hydroxylation is 2. The maximum atomic E-state index is 13.8. The summed E-state index contributed by atoms with van der Waals surface area (Å²) in [6.45, 7) is 16.3. The normalized spacial score (nSPS) is 16.6. The predicted octanol–water partition coefficient (Wildman–Crippen LogP) is 9.48. The molecule has 9 heteroatoms. The van der Waals surface area contributed by atoms with Crippen LogP contribution in [0.3, 0.4) is 0 Å². The van der Waals surface area contributed by atoms with Gasteiger partial charge in [-0.05, 0) is 80.8 Å². The first-order chi connectivity index (χ1) is 26.2. The monoisotopic (exact) mass is 751 g/mol. The molecule has 0 spiro atoms. The van der Waals surface area contributed by atoms with Crippen molar-refractivity contribution in [3.63, 3.8) is 0 Å². The van der Waals surface area contributed by atoms with E-state index in [9.17, 15) is 9.00 Å². The van der Waals surface area contributed by atoms with Crippen molar-refractivity contribution in [3.05, 3.63) is 125 Å². The van der Waals surface area contributed by atoms with Gasteiger partial charge >= 0.3 is 0 Å². The fourth-order valence-corrected chi connectivity index (χ4v) is 8.48. The number of ether oxygens (including phenoxy) is 2. The molecule has 4 aromatic rings. The van der Waals surface area contributed by atoms with Crippen molar-refractivity contribution >= 4 is 28.1 Å². The molecule has 3 aromatic carbocycles. The number of amides is 1. The molecule has 1 aliphatic heterocycles. The average Bonchev–Trinajstić information content (AvgIpc) is 3.50. The van der Waals surface area contributed by atoms with Crippen LogP contribution in [0.4, 0.5) is 5.69 Å². The highest BCUT2D eigenvalue weighted by Gasteiger charge is 2.36. The van der Waals surface area contributed by atoms with Gasteiger partial charge in [0, 0.05) is 58.8 Å². The molecule has 1 N–H and O–H groups in total. The van der Waals surface area contributed by atoms with Crippen molar-refractivity contribution in [2.75, 3.05) is 38.2 Å². The van der Waals surface area contributed by atoms with Crippen LogP contribution >= 0.6 is 0 Å². The zero-order valence-corrected chi connectivity index (χ0v) is 33.7. The number of nitrogens with one attached hydrogen (secondary N) is 1. The van der Waals surface area contributed by atoms with Crippen LogP contribution in [0.15, 0.2) is 108 Å². The smallest absolute Gasteiger partial charge is 0.251 e. The maximum Gasteiger partial charge on any atom is 0.251 e. The number of carbonyl (C=O) groups is 1. The van der Waals surface area contributed by atoms with Gasteiger partial charge in [-0.25, -0.2) is 4.98 Å². The number of hydrogen-bond acceptors (Lipinski definition) is 5. The Kier molecular flexibility index (Phi) is 15.4. The van der Waals surface area contributed by atoms with Crippen LogP contribution in [-0.2, 0) is 39.2 Å². The van der Waals surface area contributed by atoms with E-state index in [4.69, 9.17) is 9.47 Å². The van der Waals surface area contributed by atoms with Crippen molar-refractivity contribution < 1.29 is 23.0 Å². The summed E-state index contributed by atoms with van der Waals surface area (Å²) in [4.78, 5) is 18.9. The van der Waals surface area contributed by atoms with Gasteiger partial charge in [-0.1, -0.05) is 64.4 Å². The van der Waals surface area contributed by atoms with Crippen molar-refractivity contribution in [2.24, 2.45) is 5.92 Å². The Morgan fingerprint density at radius 2 is 1.70 bits per heavy atom. The lowest BCUT2D eigenvalue weighted by atomic mass is 9.97. The zero-order valence-electron chi connectivity index (χ0n) is 32.9. The second kappa shape index (κ2) is 20.4. The molecule has 0 bridgehead atoms. The second-order valence-electron chi connectivity index (χ2n) is 14.7. The van der Waals surface area contributed by atoms with Gasteiger partial charge in [0.1, 0.15) is 24.6 Å². The molecule has 1 amide bonds. The molecule has 0 saturated carbocycles. The Morgan fingerprint density at radius 1 is 0.944 bits per heavy atom. The molecular weight excluding hydrogens is 693 g/mol. The summed E-state index contributed by atoms with van der Waals surface area (Å²) in [6, 6.07) is 26.5. The fourth-order valence-electron chi connectivity index (χ4n) is 7.25. The third kappa shape index (κ3) is 11.4. The number of aromatic nitrogens is 2. The molecule has 5 rings (SSSR count). The molecule has 0 fully saturated rings. The number of carbonyl (C=O) groups excluding carboxylic acids is 1. The number of imidazole rings is 1. The number of quaternary nitrogens is 1. The molecule has 2 heterocycles. The topological polar surface area (TPSA) is 82.4 Å². The molecule has 1 aromatic heterocycles. The van der Waals surface area contributed by atoms with E-state index >= 15 is 0 Å². The molecular formula is C45H59N4O4S+. The molecule has 0 saturated heterocycles. The lowest BCUT2D eigenvalue weighted by molar-refractivity contribution is -0.876. The van der Waals surface area contributed by atoms with E-state index in [0.29, 0.717) is 37.0 Å². The van der Waals surface area contributed by atoms with E-state index < -0.39 is 10.8 Å². The minimum atomic E-state index is -1.23. The lowest BCUT2D eigenvalue weighted by Gasteiger charge is -2.42. The summed E-state index contributed by atoms with van der Waals surface area (Å²) in [5.41, 5.74) is 6.94. The van der Waals surface area contributed by atoms with E-state index in [2.05, 4.69) is 91.1 Å². The van der Waals surface area contributed by atoms with E-state index in [1.807, 2.05) is 55.7 Å². The van der Waals surface area contributed by atoms with Gasteiger partial charge in [0.15, 0.2) is 0 Å². The summed E-state index contributed by atoms with van der Waals surface area (Å²) in [7, 11) is -1.23.